The lowest BCUT2D eigenvalue weighted by atomic mass is 10.1. The predicted molar refractivity (Wildman–Crippen MR) is 78.3 cm³/mol. The van der Waals surface area contributed by atoms with Gasteiger partial charge in [0.25, 0.3) is 5.91 Å². The molecule has 5 nitrogen and oxygen atoms in total. The number of amides is 1. The van der Waals surface area contributed by atoms with Crippen LogP contribution in [0.25, 0.3) is 0 Å². The van der Waals surface area contributed by atoms with Gasteiger partial charge in [-0.1, -0.05) is 24.0 Å². The van der Waals surface area contributed by atoms with Gasteiger partial charge in [-0.25, -0.2) is 9.97 Å². The number of nitrogens with zero attached hydrogens (tertiary/aromatic N) is 2. The van der Waals surface area contributed by atoms with E-state index in [1.165, 1.54) is 0 Å². The van der Waals surface area contributed by atoms with E-state index < -0.39 is 0 Å². The molecule has 5 heteroatoms. The van der Waals surface area contributed by atoms with Crippen molar-refractivity contribution in [2.45, 2.75) is 13.5 Å². The van der Waals surface area contributed by atoms with Crippen molar-refractivity contribution in [2.24, 2.45) is 0 Å². The SMILES string of the molecule is Cc1nccc(CNC(=O)c2ccccc2C#CCO)n1. The molecular formula is C16H15N3O2. The number of nitrogens with one attached hydrogen (secondary N) is 1. The third-order valence-electron chi connectivity index (χ3n) is 2.74. The lowest BCUT2D eigenvalue weighted by Gasteiger charge is -2.07. The van der Waals surface area contributed by atoms with Crippen molar-refractivity contribution >= 4 is 5.91 Å². The highest BCUT2D eigenvalue weighted by Crippen LogP contribution is 2.07. The third kappa shape index (κ3) is 4.13. The van der Waals surface area contributed by atoms with Crippen molar-refractivity contribution in [3.63, 3.8) is 0 Å². The second-order valence-corrected chi connectivity index (χ2v) is 4.28. The molecule has 0 saturated carbocycles. The first-order chi connectivity index (χ1) is 10.2. The molecule has 0 unspecified atom stereocenters. The largest absolute Gasteiger partial charge is 0.384 e. The van der Waals surface area contributed by atoms with Gasteiger partial charge in [-0.2, -0.15) is 0 Å². The summed E-state index contributed by atoms with van der Waals surface area (Å²) in [4.78, 5) is 20.4. The Balaban J connectivity index is 2.10. The van der Waals surface area contributed by atoms with Gasteiger partial charge < -0.3 is 10.4 Å². The molecule has 106 valence electrons. The standard InChI is InChI=1S/C16H15N3O2/c1-12-17-9-8-14(19-12)11-18-16(21)15-7-3-2-5-13(15)6-4-10-20/h2-3,5,7-9,20H,10-11H2,1H3,(H,18,21). The summed E-state index contributed by atoms with van der Waals surface area (Å²) in [6.45, 7) is 1.88. The van der Waals surface area contributed by atoms with Gasteiger partial charge in [-0.05, 0) is 25.1 Å². The van der Waals surface area contributed by atoms with Crippen LogP contribution in [0.2, 0.25) is 0 Å². The van der Waals surface area contributed by atoms with Crippen LogP contribution in [0, 0.1) is 18.8 Å². The Labute approximate surface area is 123 Å². The van der Waals surface area contributed by atoms with Gasteiger partial charge in [0.15, 0.2) is 0 Å². The van der Waals surface area contributed by atoms with Gasteiger partial charge in [0, 0.05) is 11.8 Å². The van der Waals surface area contributed by atoms with Crippen molar-refractivity contribution in [1.29, 1.82) is 0 Å². The molecule has 2 rings (SSSR count). The second-order valence-electron chi connectivity index (χ2n) is 4.28. The van der Waals surface area contributed by atoms with E-state index in [2.05, 4.69) is 27.1 Å². The quantitative estimate of drug-likeness (QED) is 0.825. The molecule has 1 aromatic carbocycles. The molecule has 0 saturated heterocycles. The summed E-state index contributed by atoms with van der Waals surface area (Å²) in [6.07, 6.45) is 1.66. The third-order valence-corrected chi connectivity index (χ3v) is 2.74. The average Bonchev–Trinajstić information content (AvgIpc) is 2.51. The number of aliphatic hydroxyl groups excluding tert-OH is 1. The summed E-state index contributed by atoms with van der Waals surface area (Å²) in [7, 11) is 0. The minimum absolute atomic E-state index is 0.228. The topological polar surface area (TPSA) is 75.1 Å². The van der Waals surface area contributed by atoms with E-state index in [1.807, 2.05) is 0 Å². The Morgan fingerprint density at radius 1 is 1.33 bits per heavy atom. The van der Waals surface area contributed by atoms with Crippen molar-refractivity contribution in [1.82, 2.24) is 15.3 Å². The molecule has 0 spiro atoms. The number of aliphatic hydroxyl groups is 1. The van der Waals surface area contributed by atoms with E-state index in [0.717, 1.165) is 5.69 Å². The molecule has 1 heterocycles. The predicted octanol–water partition coefficient (Wildman–Crippen LogP) is 1.06. The molecule has 0 aliphatic carbocycles. The van der Waals surface area contributed by atoms with Crippen LogP contribution >= 0.6 is 0 Å². The van der Waals surface area contributed by atoms with E-state index in [-0.39, 0.29) is 12.5 Å². The molecule has 0 aliphatic rings. The van der Waals surface area contributed by atoms with Crippen LogP contribution in [0.1, 0.15) is 27.4 Å². The average molecular weight is 281 g/mol. The number of rotatable bonds is 3. The lowest BCUT2D eigenvalue weighted by molar-refractivity contribution is 0.0950. The summed E-state index contributed by atoms with van der Waals surface area (Å²) in [5, 5.41) is 11.5. The van der Waals surface area contributed by atoms with E-state index in [4.69, 9.17) is 5.11 Å². The Morgan fingerprint density at radius 2 is 2.14 bits per heavy atom. The number of aromatic nitrogens is 2. The molecule has 2 N–H and O–H groups in total. The van der Waals surface area contributed by atoms with Gasteiger partial charge in [-0.15, -0.1) is 0 Å². The summed E-state index contributed by atoms with van der Waals surface area (Å²) in [5.74, 6) is 5.75. The van der Waals surface area contributed by atoms with Gasteiger partial charge in [0.1, 0.15) is 12.4 Å². The molecular weight excluding hydrogens is 266 g/mol. The number of hydrogen-bond donors (Lipinski definition) is 2. The van der Waals surface area contributed by atoms with Crippen LogP contribution in [0.3, 0.4) is 0 Å². The monoisotopic (exact) mass is 281 g/mol. The highest BCUT2D eigenvalue weighted by molar-refractivity contribution is 5.96. The number of aryl methyl sites for hydroxylation is 1. The Bertz CT molecular complexity index is 702. The van der Waals surface area contributed by atoms with Crippen LogP contribution in [-0.2, 0) is 6.54 Å². The smallest absolute Gasteiger partial charge is 0.252 e. The molecule has 0 radical (unpaired) electrons. The van der Waals surface area contributed by atoms with Gasteiger partial charge >= 0.3 is 0 Å². The molecule has 1 amide bonds. The molecule has 2 aromatic rings. The lowest BCUT2D eigenvalue weighted by Crippen LogP contribution is -2.24. The van der Waals surface area contributed by atoms with E-state index in [1.54, 1.807) is 43.5 Å². The molecule has 0 bridgehead atoms. The van der Waals surface area contributed by atoms with Crippen molar-refractivity contribution in [2.75, 3.05) is 6.61 Å². The van der Waals surface area contributed by atoms with Crippen molar-refractivity contribution < 1.29 is 9.90 Å². The fourth-order valence-electron chi connectivity index (χ4n) is 1.79. The Morgan fingerprint density at radius 3 is 2.90 bits per heavy atom. The maximum absolute atomic E-state index is 12.2. The zero-order valence-electron chi connectivity index (χ0n) is 11.6. The first-order valence-electron chi connectivity index (χ1n) is 6.46. The van der Waals surface area contributed by atoms with Crippen molar-refractivity contribution in [3.8, 4) is 11.8 Å². The van der Waals surface area contributed by atoms with E-state index in [0.29, 0.717) is 23.5 Å². The van der Waals surface area contributed by atoms with Gasteiger partial charge in [0.05, 0.1) is 17.8 Å². The minimum Gasteiger partial charge on any atom is -0.384 e. The molecule has 21 heavy (non-hydrogen) atoms. The van der Waals surface area contributed by atoms with E-state index >= 15 is 0 Å². The fraction of sp³-hybridized carbons (Fsp3) is 0.188. The van der Waals surface area contributed by atoms with Crippen LogP contribution in [-0.4, -0.2) is 27.6 Å². The van der Waals surface area contributed by atoms with Crippen molar-refractivity contribution in [3.05, 3.63) is 59.2 Å². The summed E-state index contributed by atoms with van der Waals surface area (Å²) in [6, 6.07) is 8.76. The molecule has 0 fully saturated rings. The van der Waals surface area contributed by atoms with Gasteiger partial charge in [-0.3, -0.25) is 4.79 Å². The van der Waals surface area contributed by atoms with Crippen LogP contribution in [0.15, 0.2) is 36.5 Å². The first-order valence-corrected chi connectivity index (χ1v) is 6.46. The van der Waals surface area contributed by atoms with E-state index in [9.17, 15) is 4.79 Å². The number of benzene rings is 1. The fourth-order valence-corrected chi connectivity index (χ4v) is 1.79. The van der Waals surface area contributed by atoms with Crippen LogP contribution < -0.4 is 5.32 Å². The van der Waals surface area contributed by atoms with Crippen LogP contribution in [0.5, 0.6) is 0 Å². The highest BCUT2D eigenvalue weighted by Gasteiger charge is 2.09. The Hall–Kier alpha value is -2.71. The molecule has 0 aliphatic heterocycles. The zero-order chi connectivity index (χ0) is 15.1. The summed E-state index contributed by atoms with van der Waals surface area (Å²) < 4.78 is 0. The number of carbonyl (C=O) groups is 1. The summed E-state index contributed by atoms with van der Waals surface area (Å²) in [5.41, 5.74) is 1.81. The highest BCUT2D eigenvalue weighted by atomic mass is 16.2. The van der Waals surface area contributed by atoms with Gasteiger partial charge in [0.2, 0.25) is 0 Å². The summed E-state index contributed by atoms with van der Waals surface area (Å²) >= 11 is 0. The molecule has 1 aromatic heterocycles. The first kappa shape index (κ1) is 14.7. The zero-order valence-corrected chi connectivity index (χ0v) is 11.6. The van der Waals surface area contributed by atoms with Crippen LogP contribution in [0.4, 0.5) is 0 Å². The second kappa shape index (κ2) is 7.17. The number of hydrogen-bond acceptors (Lipinski definition) is 4. The minimum atomic E-state index is -0.240. The molecule has 0 atom stereocenters. The maximum Gasteiger partial charge on any atom is 0.252 e. The Kier molecular flexibility index (Phi) is 5.02. The normalized spacial score (nSPS) is 9.62. The number of carbonyl (C=O) groups excluding carboxylic acids is 1. The maximum atomic E-state index is 12.2.